The van der Waals surface area contributed by atoms with Crippen molar-refractivity contribution in [2.45, 2.75) is 12.8 Å². The van der Waals surface area contributed by atoms with Crippen molar-refractivity contribution in [3.63, 3.8) is 0 Å². The summed E-state index contributed by atoms with van der Waals surface area (Å²) in [5.41, 5.74) is 5.44. The van der Waals surface area contributed by atoms with Crippen molar-refractivity contribution in [2.75, 3.05) is 6.54 Å². The van der Waals surface area contributed by atoms with Gasteiger partial charge in [0.15, 0.2) is 11.7 Å². The largest absolute Gasteiger partial charge is 0.441 e. The van der Waals surface area contributed by atoms with Gasteiger partial charge < -0.3 is 10.2 Å². The first kappa shape index (κ1) is 11.7. The van der Waals surface area contributed by atoms with Gasteiger partial charge in [0.1, 0.15) is 11.6 Å². The highest BCUT2D eigenvalue weighted by atomic mass is 19.1. The number of benzene rings is 1. The predicted molar refractivity (Wildman–Crippen MR) is 59.2 cm³/mol. The number of oxazole rings is 1. The lowest BCUT2D eigenvalue weighted by Crippen LogP contribution is -2.00. The molecule has 0 fully saturated rings. The average molecular weight is 238 g/mol. The molecule has 0 aliphatic carbocycles. The molecular formula is C12H12F2N2O. The summed E-state index contributed by atoms with van der Waals surface area (Å²) in [6, 6.07) is 3.21. The number of nitrogens with zero attached hydrogens (tertiary/aromatic N) is 1. The molecule has 0 saturated heterocycles. The van der Waals surface area contributed by atoms with Crippen molar-refractivity contribution in [3.8, 4) is 11.3 Å². The van der Waals surface area contributed by atoms with E-state index in [1.54, 1.807) is 0 Å². The molecule has 0 unspecified atom stereocenters. The SMILES string of the molecule is NCCCc1ncc(-c2cc(F)ccc2F)o1. The lowest BCUT2D eigenvalue weighted by atomic mass is 10.2. The van der Waals surface area contributed by atoms with Crippen LogP contribution in [0.15, 0.2) is 28.8 Å². The first-order valence-corrected chi connectivity index (χ1v) is 5.31. The maximum absolute atomic E-state index is 13.4. The quantitative estimate of drug-likeness (QED) is 0.890. The Balaban J connectivity index is 2.27. The van der Waals surface area contributed by atoms with Crippen LogP contribution in [-0.2, 0) is 6.42 Å². The molecule has 0 saturated carbocycles. The minimum atomic E-state index is -0.534. The summed E-state index contributed by atoms with van der Waals surface area (Å²) in [6.07, 6.45) is 2.72. The second-order valence-corrected chi connectivity index (χ2v) is 3.63. The van der Waals surface area contributed by atoms with E-state index in [0.29, 0.717) is 18.9 Å². The first-order valence-electron chi connectivity index (χ1n) is 5.31. The van der Waals surface area contributed by atoms with Gasteiger partial charge in [-0.15, -0.1) is 0 Å². The number of aryl methyl sites for hydroxylation is 1. The summed E-state index contributed by atoms with van der Waals surface area (Å²) in [4.78, 5) is 3.99. The second kappa shape index (κ2) is 5.05. The van der Waals surface area contributed by atoms with Gasteiger partial charge in [0.25, 0.3) is 0 Å². The maximum Gasteiger partial charge on any atom is 0.194 e. The summed E-state index contributed by atoms with van der Waals surface area (Å²) in [5, 5.41) is 0. The van der Waals surface area contributed by atoms with Crippen molar-refractivity contribution in [1.82, 2.24) is 4.98 Å². The number of hydrogen-bond acceptors (Lipinski definition) is 3. The number of hydrogen-bond donors (Lipinski definition) is 1. The van der Waals surface area contributed by atoms with E-state index >= 15 is 0 Å². The Kier molecular flexibility index (Phi) is 3.49. The van der Waals surface area contributed by atoms with E-state index < -0.39 is 11.6 Å². The molecule has 1 heterocycles. The zero-order valence-electron chi connectivity index (χ0n) is 9.12. The smallest absolute Gasteiger partial charge is 0.194 e. The molecule has 2 N–H and O–H groups in total. The Morgan fingerprint density at radius 2 is 2.12 bits per heavy atom. The van der Waals surface area contributed by atoms with Crippen LogP contribution in [0.2, 0.25) is 0 Å². The molecule has 5 heteroatoms. The first-order chi connectivity index (χ1) is 8.20. The zero-order valence-corrected chi connectivity index (χ0v) is 9.12. The van der Waals surface area contributed by atoms with Gasteiger partial charge in [-0.2, -0.15) is 0 Å². The monoisotopic (exact) mass is 238 g/mol. The third kappa shape index (κ3) is 2.68. The van der Waals surface area contributed by atoms with Crippen LogP contribution in [-0.4, -0.2) is 11.5 Å². The Morgan fingerprint density at radius 3 is 2.88 bits per heavy atom. The fourth-order valence-corrected chi connectivity index (χ4v) is 1.49. The Hall–Kier alpha value is -1.75. The van der Waals surface area contributed by atoms with Crippen molar-refractivity contribution < 1.29 is 13.2 Å². The highest BCUT2D eigenvalue weighted by molar-refractivity contribution is 5.57. The van der Waals surface area contributed by atoms with Crippen molar-refractivity contribution in [2.24, 2.45) is 5.73 Å². The number of nitrogens with two attached hydrogens (primary N) is 1. The van der Waals surface area contributed by atoms with Gasteiger partial charge in [-0.25, -0.2) is 13.8 Å². The van der Waals surface area contributed by atoms with Crippen molar-refractivity contribution in [1.29, 1.82) is 0 Å². The molecule has 2 aromatic rings. The molecule has 0 atom stereocenters. The third-order valence-electron chi connectivity index (χ3n) is 2.34. The zero-order chi connectivity index (χ0) is 12.3. The maximum atomic E-state index is 13.4. The molecule has 0 radical (unpaired) electrons. The molecule has 0 spiro atoms. The number of aromatic nitrogens is 1. The summed E-state index contributed by atoms with van der Waals surface area (Å²) in [5.74, 6) is -0.336. The highest BCUT2D eigenvalue weighted by Crippen LogP contribution is 2.24. The summed E-state index contributed by atoms with van der Waals surface area (Å²) < 4.78 is 31.8. The molecule has 0 aliphatic heterocycles. The molecule has 1 aromatic heterocycles. The van der Waals surface area contributed by atoms with Gasteiger partial charge in [-0.3, -0.25) is 0 Å². The molecule has 3 nitrogen and oxygen atoms in total. The lowest BCUT2D eigenvalue weighted by Gasteiger charge is -1.98. The fraction of sp³-hybridized carbons (Fsp3) is 0.250. The minimum absolute atomic E-state index is 0.0801. The van der Waals surface area contributed by atoms with Gasteiger partial charge in [0.2, 0.25) is 0 Å². The van der Waals surface area contributed by atoms with E-state index in [-0.39, 0.29) is 11.3 Å². The topological polar surface area (TPSA) is 52.0 Å². The van der Waals surface area contributed by atoms with Crippen LogP contribution in [0, 0.1) is 11.6 Å². The standard InChI is InChI=1S/C12H12F2N2O/c13-8-3-4-10(14)9(6-8)11-7-16-12(17-11)2-1-5-15/h3-4,6-7H,1-2,5,15H2. The second-order valence-electron chi connectivity index (χ2n) is 3.63. The molecule has 90 valence electrons. The van der Waals surface area contributed by atoms with Crippen LogP contribution in [0.4, 0.5) is 8.78 Å². The van der Waals surface area contributed by atoms with Gasteiger partial charge in [0, 0.05) is 6.42 Å². The molecular weight excluding hydrogens is 226 g/mol. The molecule has 17 heavy (non-hydrogen) atoms. The Labute approximate surface area is 97.3 Å². The van der Waals surface area contributed by atoms with Crippen LogP contribution >= 0.6 is 0 Å². The van der Waals surface area contributed by atoms with E-state index in [0.717, 1.165) is 24.6 Å². The lowest BCUT2D eigenvalue weighted by molar-refractivity contribution is 0.495. The Bertz CT molecular complexity index is 511. The van der Waals surface area contributed by atoms with E-state index in [1.165, 1.54) is 6.20 Å². The van der Waals surface area contributed by atoms with E-state index in [4.69, 9.17) is 10.2 Å². The predicted octanol–water partition coefficient (Wildman–Crippen LogP) is 2.51. The summed E-state index contributed by atoms with van der Waals surface area (Å²) >= 11 is 0. The molecule has 0 amide bonds. The van der Waals surface area contributed by atoms with Gasteiger partial charge >= 0.3 is 0 Å². The summed E-state index contributed by atoms with van der Waals surface area (Å²) in [7, 11) is 0. The highest BCUT2D eigenvalue weighted by Gasteiger charge is 2.11. The van der Waals surface area contributed by atoms with Crippen LogP contribution in [0.25, 0.3) is 11.3 Å². The van der Waals surface area contributed by atoms with Gasteiger partial charge in [0.05, 0.1) is 11.8 Å². The molecule has 0 bridgehead atoms. The normalized spacial score (nSPS) is 10.8. The summed E-state index contributed by atoms with van der Waals surface area (Å²) in [6.45, 7) is 0.534. The average Bonchev–Trinajstić information content (AvgIpc) is 2.78. The van der Waals surface area contributed by atoms with Crippen LogP contribution in [0.3, 0.4) is 0 Å². The van der Waals surface area contributed by atoms with E-state index in [1.807, 2.05) is 0 Å². The van der Waals surface area contributed by atoms with Crippen LogP contribution in [0.1, 0.15) is 12.3 Å². The van der Waals surface area contributed by atoms with Crippen molar-refractivity contribution in [3.05, 3.63) is 41.9 Å². The molecule has 2 rings (SSSR count). The Morgan fingerprint density at radius 1 is 1.29 bits per heavy atom. The minimum Gasteiger partial charge on any atom is -0.441 e. The van der Waals surface area contributed by atoms with E-state index in [2.05, 4.69) is 4.98 Å². The van der Waals surface area contributed by atoms with Crippen LogP contribution < -0.4 is 5.73 Å². The number of halogens is 2. The molecule has 1 aromatic carbocycles. The fourth-order valence-electron chi connectivity index (χ4n) is 1.49. The number of rotatable bonds is 4. The molecule has 0 aliphatic rings. The van der Waals surface area contributed by atoms with Crippen molar-refractivity contribution >= 4 is 0 Å². The van der Waals surface area contributed by atoms with Gasteiger partial charge in [-0.1, -0.05) is 0 Å². The third-order valence-corrected chi connectivity index (χ3v) is 2.34. The van der Waals surface area contributed by atoms with E-state index in [9.17, 15) is 8.78 Å². The van der Waals surface area contributed by atoms with Crippen LogP contribution in [0.5, 0.6) is 0 Å². The van der Waals surface area contributed by atoms with Gasteiger partial charge in [-0.05, 0) is 31.2 Å².